The summed E-state index contributed by atoms with van der Waals surface area (Å²) >= 11 is 0. The second-order valence-electron chi connectivity index (χ2n) is 4.77. The first-order chi connectivity index (χ1) is 7.34. The summed E-state index contributed by atoms with van der Waals surface area (Å²) in [6.07, 6.45) is 1.99. The molecule has 0 radical (unpaired) electrons. The van der Waals surface area contributed by atoms with Crippen molar-refractivity contribution in [3.8, 4) is 0 Å². The fourth-order valence-electron chi connectivity index (χ4n) is 1.16. The van der Waals surface area contributed by atoms with Crippen LogP contribution in [0, 0.1) is 5.41 Å². The number of aromatic nitrogens is 3. The molecule has 0 unspecified atom stereocenters. The normalized spacial score (nSPS) is 11.5. The van der Waals surface area contributed by atoms with Crippen LogP contribution >= 0.6 is 0 Å². The van der Waals surface area contributed by atoms with Crippen molar-refractivity contribution in [2.45, 2.75) is 40.7 Å². The maximum absolute atomic E-state index is 11.8. The van der Waals surface area contributed by atoms with Crippen molar-refractivity contribution in [2.24, 2.45) is 5.41 Å². The minimum absolute atomic E-state index is 0.0669. The highest BCUT2D eigenvalue weighted by molar-refractivity contribution is 5.97. The molecule has 88 valence electrons. The van der Waals surface area contributed by atoms with Crippen molar-refractivity contribution >= 4 is 11.6 Å². The van der Waals surface area contributed by atoms with Crippen molar-refractivity contribution in [1.29, 1.82) is 0 Å². The van der Waals surface area contributed by atoms with Gasteiger partial charge in [-0.1, -0.05) is 32.9 Å². The number of carbonyl (C=O) groups excluding carboxylic acids is 2. The average molecular weight is 223 g/mol. The number of Topliss-reactive ketones (excluding diaryl/α,β-unsaturated/α-hetero) is 2. The van der Waals surface area contributed by atoms with Crippen LogP contribution in [0.2, 0.25) is 0 Å². The van der Waals surface area contributed by atoms with Gasteiger partial charge in [-0.05, 0) is 0 Å². The molecule has 0 fully saturated rings. The summed E-state index contributed by atoms with van der Waals surface area (Å²) in [4.78, 5) is 23.0. The van der Waals surface area contributed by atoms with Gasteiger partial charge in [-0.2, -0.15) is 0 Å². The minimum atomic E-state index is -0.477. The highest BCUT2D eigenvalue weighted by atomic mass is 16.1. The van der Waals surface area contributed by atoms with E-state index in [-0.39, 0.29) is 18.1 Å². The van der Waals surface area contributed by atoms with Gasteiger partial charge in [-0.15, -0.1) is 5.10 Å². The summed E-state index contributed by atoms with van der Waals surface area (Å²) in [5, 5.41) is 7.54. The fourth-order valence-corrected chi connectivity index (χ4v) is 1.16. The predicted octanol–water partition coefficient (Wildman–Crippen LogP) is 1.49. The molecular weight excluding hydrogens is 206 g/mol. The summed E-state index contributed by atoms with van der Waals surface area (Å²) in [6, 6.07) is 0. The van der Waals surface area contributed by atoms with Crippen LogP contribution in [0.1, 0.15) is 44.6 Å². The van der Waals surface area contributed by atoms with Gasteiger partial charge >= 0.3 is 0 Å². The highest BCUT2D eigenvalue weighted by Crippen LogP contribution is 2.18. The van der Waals surface area contributed by atoms with Gasteiger partial charge in [0.15, 0.2) is 11.6 Å². The van der Waals surface area contributed by atoms with E-state index in [2.05, 4.69) is 10.3 Å². The second kappa shape index (κ2) is 4.55. The third kappa shape index (κ3) is 2.98. The Balaban J connectivity index is 2.80. The van der Waals surface area contributed by atoms with Crippen LogP contribution < -0.4 is 0 Å². The van der Waals surface area contributed by atoms with E-state index in [4.69, 9.17) is 0 Å². The Bertz CT molecular complexity index is 402. The molecule has 0 bridgehead atoms. The van der Waals surface area contributed by atoms with Crippen LogP contribution in [0.5, 0.6) is 0 Å². The summed E-state index contributed by atoms with van der Waals surface area (Å²) in [6.45, 7) is 7.45. The van der Waals surface area contributed by atoms with Gasteiger partial charge in [-0.3, -0.25) is 9.59 Å². The maximum atomic E-state index is 11.8. The van der Waals surface area contributed by atoms with Crippen LogP contribution in [0.15, 0.2) is 6.20 Å². The topological polar surface area (TPSA) is 64.8 Å². The van der Waals surface area contributed by atoms with E-state index < -0.39 is 5.41 Å². The molecule has 0 aliphatic heterocycles. The van der Waals surface area contributed by atoms with Crippen LogP contribution in [0.25, 0.3) is 0 Å². The number of carbonyl (C=O) groups is 2. The fraction of sp³-hybridized carbons (Fsp3) is 0.636. The number of ketones is 2. The Morgan fingerprint density at radius 3 is 2.50 bits per heavy atom. The largest absolute Gasteiger partial charge is 0.298 e. The quantitative estimate of drug-likeness (QED) is 0.725. The van der Waals surface area contributed by atoms with Crippen molar-refractivity contribution < 1.29 is 9.59 Å². The average Bonchev–Trinajstić information content (AvgIpc) is 2.63. The molecule has 5 nitrogen and oxygen atoms in total. The monoisotopic (exact) mass is 223 g/mol. The van der Waals surface area contributed by atoms with Gasteiger partial charge in [0, 0.05) is 11.8 Å². The van der Waals surface area contributed by atoms with E-state index in [0.717, 1.165) is 0 Å². The molecule has 0 aliphatic rings. The molecule has 5 heteroatoms. The van der Waals surface area contributed by atoms with Gasteiger partial charge in [0.2, 0.25) is 0 Å². The Morgan fingerprint density at radius 1 is 1.38 bits per heavy atom. The lowest BCUT2D eigenvalue weighted by Gasteiger charge is -2.13. The van der Waals surface area contributed by atoms with E-state index in [1.165, 1.54) is 10.9 Å². The van der Waals surface area contributed by atoms with Crippen molar-refractivity contribution in [3.63, 3.8) is 0 Å². The molecule has 0 saturated carbocycles. The Kier molecular flexibility index (Phi) is 3.57. The number of nitrogens with zero attached hydrogens (tertiary/aromatic N) is 3. The molecule has 0 atom stereocenters. The third-order valence-corrected chi connectivity index (χ3v) is 2.19. The molecule has 0 aliphatic carbocycles. The smallest absolute Gasteiger partial charge is 0.190 e. The first-order valence-corrected chi connectivity index (χ1v) is 5.31. The van der Waals surface area contributed by atoms with Gasteiger partial charge in [0.1, 0.15) is 12.2 Å². The molecule has 0 spiro atoms. The van der Waals surface area contributed by atoms with Crippen LogP contribution in [-0.4, -0.2) is 26.6 Å². The summed E-state index contributed by atoms with van der Waals surface area (Å²) in [5.74, 6) is 0.00218. The second-order valence-corrected chi connectivity index (χ2v) is 4.77. The molecule has 1 aromatic heterocycles. The van der Waals surface area contributed by atoms with E-state index in [1.54, 1.807) is 6.92 Å². The number of hydrogen-bond donors (Lipinski definition) is 0. The van der Waals surface area contributed by atoms with E-state index in [0.29, 0.717) is 12.1 Å². The lowest BCUT2D eigenvalue weighted by atomic mass is 9.89. The van der Waals surface area contributed by atoms with Crippen LogP contribution in [-0.2, 0) is 11.3 Å². The molecule has 0 aromatic carbocycles. The standard InChI is InChI=1S/C11H17N3O2/c1-5-8(15)6-14-7-9(12-13-14)10(16)11(2,3)4/h7H,5-6H2,1-4H3. The number of hydrogen-bond acceptors (Lipinski definition) is 4. The van der Waals surface area contributed by atoms with Crippen molar-refractivity contribution in [1.82, 2.24) is 15.0 Å². The van der Waals surface area contributed by atoms with Gasteiger partial charge in [-0.25, -0.2) is 4.68 Å². The Hall–Kier alpha value is -1.52. The molecular formula is C11H17N3O2. The zero-order valence-corrected chi connectivity index (χ0v) is 10.1. The lowest BCUT2D eigenvalue weighted by molar-refractivity contribution is -0.119. The van der Waals surface area contributed by atoms with Crippen LogP contribution in [0.4, 0.5) is 0 Å². The molecule has 16 heavy (non-hydrogen) atoms. The van der Waals surface area contributed by atoms with Gasteiger partial charge in [0.25, 0.3) is 0 Å². The molecule has 1 heterocycles. The third-order valence-electron chi connectivity index (χ3n) is 2.19. The first-order valence-electron chi connectivity index (χ1n) is 5.31. The summed E-state index contributed by atoms with van der Waals surface area (Å²) in [5.41, 5.74) is -0.160. The summed E-state index contributed by atoms with van der Waals surface area (Å²) < 4.78 is 1.41. The first kappa shape index (κ1) is 12.5. The van der Waals surface area contributed by atoms with Gasteiger partial charge in [0.05, 0.1) is 6.20 Å². The van der Waals surface area contributed by atoms with Crippen LogP contribution in [0.3, 0.4) is 0 Å². The zero-order chi connectivity index (χ0) is 12.3. The molecule has 0 amide bonds. The van der Waals surface area contributed by atoms with Crippen molar-refractivity contribution in [3.05, 3.63) is 11.9 Å². The zero-order valence-electron chi connectivity index (χ0n) is 10.1. The summed E-state index contributed by atoms with van der Waals surface area (Å²) in [7, 11) is 0. The molecule has 1 aromatic rings. The van der Waals surface area contributed by atoms with E-state index >= 15 is 0 Å². The van der Waals surface area contributed by atoms with Crippen molar-refractivity contribution in [2.75, 3.05) is 0 Å². The molecule has 1 rings (SSSR count). The SMILES string of the molecule is CCC(=O)Cn1cc(C(=O)C(C)(C)C)nn1. The van der Waals surface area contributed by atoms with E-state index in [9.17, 15) is 9.59 Å². The molecule has 0 saturated heterocycles. The molecule has 0 N–H and O–H groups in total. The van der Waals surface area contributed by atoms with E-state index in [1.807, 2.05) is 20.8 Å². The maximum Gasteiger partial charge on any atom is 0.190 e. The highest BCUT2D eigenvalue weighted by Gasteiger charge is 2.25. The lowest BCUT2D eigenvalue weighted by Crippen LogP contribution is -2.20. The predicted molar refractivity (Wildman–Crippen MR) is 59.1 cm³/mol. The Morgan fingerprint density at radius 2 is 2.00 bits per heavy atom. The number of rotatable bonds is 4. The minimum Gasteiger partial charge on any atom is -0.298 e. The Labute approximate surface area is 94.8 Å². The van der Waals surface area contributed by atoms with Gasteiger partial charge < -0.3 is 0 Å².